The minimum absolute atomic E-state index is 0.0282. The molecular weight excluding hydrogens is 209 g/mol. The largest absolute Gasteiger partial charge is 0.573 e. The highest BCUT2D eigenvalue weighted by molar-refractivity contribution is 5.41. The van der Waals surface area contributed by atoms with Gasteiger partial charge in [0.25, 0.3) is 0 Å². The van der Waals surface area contributed by atoms with Gasteiger partial charge in [-0.05, 0) is 24.1 Å². The molecule has 0 spiro atoms. The van der Waals surface area contributed by atoms with E-state index in [4.69, 9.17) is 0 Å². The minimum Gasteiger partial charge on any atom is -0.508 e. The van der Waals surface area contributed by atoms with E-state index < -0.39 is 6.36 Å². The lowest BCUT2D eigenvalue weighted by atomic mass is 10.0. The zero-order valence-corrected chi connectivity index (χ0v) is 8.30. The molecule has 0 aliphatic carbocycles. The van der Waals surface area contributed by atoms with Crippen molar-refractivity contribution in [2.75, 3.05) is 0 Å². The fourth-order valence-corrected chi connectivity index (χ4v) is 1.19. The number of benzene rings is 1. The Bertz CT molecular complexity index is 345. The van der Waals surface area contributed by atoms with Gasteiger partial charge in [0, 0.05) is 5.56 Å². The van der Waals surface area contributed by atoms with Crippen molar-refractivity contribution in [3.63, 3.8) is 0 Å². The lowest BCUT2D eigenvalue weighted by Crippen LogP contribution is -2.17. The minimum atomic E-state index is -4.70. The first-order chi connectivity index (χ1) is 6.79. The van der Waals surface area contributed by atoms with Gasteiger partial charge in [-0.3, -0.25) is 0 Å². The highest BCUT2D eigenvalue weighted by Crippen LogP contribution is 2.31. The van der Waals surface area contributed by atoms with E-state index in [0.29, 0.717) is 5.56 Å². The molecule has 5 heteroatoms. The smallest absolute Gasteiger partial charge is 0.508 e. The summed E-state index contributed by atoms with van der Waals surface area (Å²) in [5, 5.41) is 9.37. The molecule has 0 radical (unpaired) electrons. The molecule has 1 aromatic carbocycles. The third-order valence-corrected chi connectivity index (χ3v) is 1.85. The molecule has 0 heterocycles. The van der Waals surface area contributed by atoms with Crippen molar-refractivity contribution < 1.29 is 23.0 Å². The van der Waals surface area contributed by atoms with E-state index in [2.05, 4.69) is 4.74 Å². The molecule has 0 saturated heterocycles. The second-order valence-electron chi connectivity index (χ2n) is 3.42. The molecule has 84 valence electrons. The van der Waals surface area contributed by atoms with E-state index in [1.165, 1.54) is 12.1 Å². The SMILES string of the molecule is CC(C)c1cc(OC(F)(F)F)ccc1O. The summed E-state index contributed by atoms with van der Waals surface area (Å²) in [5.41, 5.74) is 0.428. The van der Waals surface area contributed by atoms with Crippen LogP contribution in [0.1, 0.15) is 25.3 Å². The molecule has 0 aromatic heterocycles. The van der Waals surface area contributed by atoms with Crippen molar-refractivity contribution in [2.24, 2.45) is 0 Å². The number of alkyl halides is 3. The number of aromatic hydroxyl groups is 1. The maximum atomic E-state index is 11.9. The van der Waals surface area contributed by atoms with Crippen LogP contribution in [0.3, 0.4) is 0 Å². The van der Waals surface area contributed by atoms with E-state index in [1.54, 1.807) is 13.8 Å². The number of rotatable bonds is 2. The summed E-state index contributed by atoms with van der Waals surface area (Å²) in [5.74, 6) is -0.412. The Labute approximate surface area is 85.3 Å². The van der Waals surface area contributed by atoms with Crippen LogP contribution < -0.4 is 4.74 Å². The van der Waals surface area contributed by atoms with Crippen LogP contribution >= 0.6 is 0 Å². The van der Waals surface area contributed by atoms with Crippen molar-refractivity contribution >= 4 is 0 Å². The Morgan fingerprint density at radius 3 is 2.33 bits per heavy atom. The summed E-state index contributed by atoms with van der Waals surface area (Å²) >= 11 is 0. The maximum Gasteiger partial charge on any atom is 0.573 e. The standard InChI is InChI=1S/C10H11F3O2/c1-6(2)8-5-7(3-4-9(8)14)15-10(11,12)13/h3-6,14H,1-2H3. The average molecular weight is 220 g/mol. The molecule has 0 amide bonds. The Kier molecular flexibility index (Phi) is 3.12. The number of phenols is 1. The van der Waals surface area contributed by atoms with E-state index in [0.717, 1.165) is 6.07 Å². The molecule has 1 rings (SSSR count). The highest BCUT2D eigenvalue weighted by atomic mass is 19.4. The van der Waals surface area contributed by atoms with Gasteiger partial charge >= 0.3 is 6.36 Å². The van der Waals surface area contributed by atoms with E-state index in [-0.39, 0.29) is 17.4 Å². The first-order valence-corrected chi connectivity index (χ1v) is 4.38. The second kappa shape index (κ2) is 4.00. The zero-order valence-electron chi connectivity index (χ0n) is 8.30. The maximum absolute atomic E-state index is 11.9. The van der Waals surface area contributed by atoms with Gasteiger partial charge in [0.05, 0.1) is 0 Å². The first kappa shape index (κ1) is 11.7. The van der Waals surface area contributed by atoms with Gasteiger partial charge in [0.1, 0.15) is 11.5 Å². The van der Waals surface area contributed by atoms with Crippen LogP contribution in [0, 0.1) is 0 Å². The molecule has 0 fully saturated rings. The Morgan fingerprint density at radius 2 is 1.87 bits per heavy atom. The van der Waals surface area contributed by atoms with E-state index >= 15 is 0 Å². The molecule has 0 aliphatic rings. The molecule has 0 bridgehead atoms. The number of halogens is 3. The van der Waals surface area contributed by atoms with E-state index in [1.807, 2.05) is 0 Å². The van der Waals surface area contributed by atoms with Crippen LogP contribution in [0.5, 0.6) is 11.5 Å². The predicted molar refractivity (Wildman–Crippen MR) is 48.9 cm³/mol. The molecular formula is C10H11F3O2. The van der Waals surface area contributed by atoms with Crippen LogP contribution in [0.15, 0.2) is 18.2 Å². The van der Waals surface area contributed by atoms with Gasteiger partial charge < -0.3 is 9.84 Å². The van der Waals surface area contributed by atoms with Gasteiger partial charge in [0.2, 0.25) is 0 Å². The number of ether oxygens (including phenoxy) is 1. The number of hydrogen-bond donors (Lipinski definition) is 1. The molecule has 2 nitrogen and oxygen atoms in total. The molecule has 0 atom stereocenters. The Hall–Kier alpha value is -1.39. The molecule has 0 aliphatic heterocycles. The van der Waals surface area contributed by atoms with Crippen molar-refractivity contribution in [3.05, 3.63) is 23.8 Å². The average Bonchev–Trinajstić information content (AvgIpc) is 2.05. The summed E-state index contributed by atoms with van der Waals surface area (Å²) in [6, 6.07) is 3.46. The van der Waals surface area contributed by atoms with Crippen LogP contribution in [-0.4, -0.2) is 11.5 Å². The van der Waals surface area contributed by atoms with Gasteiger partial charge in [0.15, 0.2) is 0 Å². The highest BCUT2D eigenvalue weighted by Gasteiger charge is 2.31. The monoisotopic (exact) mass is 220 g/mol. The molecule has 0 unspecified atom stereocenters. The summed E-state index contributed by atoms with van der Waals surface area (Å²) < 4.78 is 39.4. The summed E-state index contributed by atoms with van der Waals surface area (Å²) in [7, 11) is 0. The fourth-order valence-electron chi connectivity index (χ4n) is 1.19. The number of hydrogen-bond acceptors (Lipinski definition) is 2. The quantitative estimate of drug-likeness (QED) is 0.827. The van der Waals surface area contributed by atoms with Crippen LogP contribution in [0.2, 0.25) is 0 Å². The van der Waals surface area contributed by atoms with Gasteiger partial charge in [-0.15, -0.1) is 13.2 Å². The fraction of sp³-hybridized carbons (Fsp3) is 0.400. The summed E-state index contributed by atoms with van der Waals surface area (Å²) in [6.45, 7) is 3.54. The molecule has 15 heavy (non-hydrogen) atoms. The third-order valence-electron chi connectivity index (χ3n) is 1.85. The van der Waals surface area contributed by atoms with Crippen LogP contribution in [0.25, 0.3) is 0 Å². The summed E-state index contributed by atoms with van der Waals surface area (Å²) in [4.78, 5) is 0. The zero-order chi connectivity index (χ0) is 11.6. The topological polar surface area (TPSA) is 29.5 Å². The normalized spacial score (nSPS) is 11.9. The second-order valence-corrected chi connectivity index (χ2v) is 3.42. The summed E-state index contributed by atoms with van der Waals surface area (Å²) in [6.07, 6.45) is -4.70. The Balaban J connectivity index is 2.98. The molecule has 1 N–H and O–H groups in total. The molecule has 0 saturated carbocycles. The van der Waals surface area contributed by atoms with Crippen LogP contribution in [-0.2, 0) is 0 Å². The first-order valence-electron chi connectivity index (χ1n) is 4.38. The van der Waals surface area contributed by atoms with Gasteiger partial charge in [-0.25, -0.2) is 0 Å². The lowest BCUT2D eigenvalue weighted by molar-refractivity contribution is -0.274. The van der Waals surface area contributed by atoms with E-state index in [9.17, 15) is 18.3 Å². The van der Waals surface area contributed by atoms with Gasteiger partial charge in [-0.1, -0.05) is 13.8 Å². The van der Waals surface area contributed by atoms with Gasteiger partial charge in [-0.2, -0.15) is 0 Å². The van der Waals surface area contributed by atoms with Crippen molar-refractivity contribution in [2.45, 2.75) is 26.1 Å². The lowest BCUT2D eigenvalue weighted by Gasteiger charge is -2.12. The van der Waals surface area contributed by atoms with Crippen LogP contribution in [0.4, 0.5) is 13.2 Å². The third kappa shape index (κ3) is 3.34. The van der Waals surface area contributed by atoms with Crippen molar-refractivity contribution in [1.29, 1.82) is 0 Å². The number of phenolic OH excluding ortho intramolecular Hbond substituents is 1. The molecule has 1 aromatic rings. The predicted octanol–water partition coefficient (Wildman–Crippen LogP) is 3.41. The van der Waals surface area contributed by atoms with Crippen molar-refractivity contribution in [1.82, 2.24) is 0 Å². The van der Waals surface area contributed by atoms with Crippen molar-refractivity contribution in [3.8, 4) is 11.5 Å². The Morgan fingerprint density at radius 1 is 1.27 bits per heavy atom.